The van der Waals surface area contributed by atoms with E-state index in [1.807, 2.05) is 140 Å². The van der Waals surface area contributed by atoms with Crippen LogP contribution in [0.25, 0.3) is 0 Å². The molecular weight excluding hydrogens is 1100 g/mol. The highest BCUT2D eigenvalue weighted by Crippen LogP contribution is 2.42. The van der Waals surface area contributed by atoms with Crippen LogP contribution in [0.15, 0.2) is 133 Å². The number of likely N-dealkylation sites (N-methyl/N-ethyl adjacent to an activating group) is 2. The van der Waals surface area contributed by atoms with Crippen LogP contribution in [0, 0.1) is 0 Å². The molecule has 2 N–H and O–H groups in total. The highest BCUT2D eigenvalue weighted by Gasteiger charge is 2.63. The van der Waals surface area contributed by atoms with Gasteiger partial charge in [0.1, 0.15) is 81.8 Å². The third kappa shape index (κ3) is 14.0. The van der Waals surface area contributed by atoms with Crippen molar-refractivity contribution < 1.29 is 86.1 Å². The maximum atomic E-state index is 13.0. The summed E-state index contributed by atoms with van der Waals surface area (Å²) in [6, 6.07) is 38.1. The number of hydrogen-bond acceptors (Lipinski definition) is 20. The fourth-order valence-corrected chi connectivity index (χ4v) is 12.8. The van der Waals surface area contributed by atoms with Crippen LogP contribution < -0.4 is 0 Å². The average molecular weight is 1190 g/mol. The minimum atomic E-state index is -1.05. The van der Waals surface area contributed by atoms with E-state index in [1.165, 1.54) is 0 Å². The number of ether oxygens (including phenoxy) is 14. The van der Waals surface area contributed by atoms with Crippen LogP contribution in [0.4, 0.5) is 9.59 Å². The largest absolute Gasteiger partial charge is 0.445 e. The summed E-state index contributed by atoms with van der Waals surface area (Å²) in [4.78, 5) is 32.9. The zero-order valence-corrected chi connectivity index (χ0v) is 49.9. The molecule has 2 amide bonds. The number of hydrogen-bond donors (Lipinski definition) is 2. The van der Waals surface area contributed by atoms with Gasteiger partial charge in [-0.3, -0.25) is 19.6 Å². The summed E-state index contributed by atoms with van der Waals surface area (Å²) >= 11 is 0. The van der Waals surface area contributed by atoms with E-state index in [1.54, 1.807) is 52.5 Å². The van der Waals surface area contributed by atoms with E-state index in [2.05, 4.69) is 11.5 Å². The number of amides is 2. The monoisotopic (exact) mass is 1180 g/mol. The number of rotatable bonds is 16. The minimum Gasteiger partial charge on any atom is -0.445 e. The number of fused-ring (bicyclic) bond motifs is 4. The Morgan fingerprint density at radius 2 is 0.906 bits per heavy atom. The zero-order chi connectivity index (χ0) is 60.3. The molecule has 8 aliphatic heterocycles. The number of β-amino-alcohol motifs (C(OH)–C–C–N with tert-alkyl or cyclic N) is 1. The predicted octanol–water partition coefficient (Wildman–Crippen LogP) is 4.63. The van der Waals surface area contributed by atoms with Gasteiger partial charge in [-0.2, -0.15) is 0 Å². The number of methoxy groups -OCH3 is 6. The fraction of sp³-hybridized carbons (Fsp3) is 0.556. The third-order valence-electron chi connectivity index (χ3n) is 17.3. The zero-order valence-electron chi connectivity index (χ0n) is 49.9. The van der Waals surface area contributed by atoms with Gasteiger partial charge in [-0.15, -0.1) is 0 Å². The van der Waals surface area contributed by atoms with Crippen LogP contribution in [0.1, 0.15) is 22.3 Å². The van der Waals surface area contributed by atoms with Gasteiger partial charge < -0.3 is 76.5 Å². The quantitative estimate of drug-likeness (QED) is 0.116. The van der Waals surface area contributed by atoms with Crippen molar-refractivity contribution in [1.29, 1.82) is 0 Å². The van der Waals surface area contributed by atoms with Gasteiger partial charge in [-0.05, 0) is 41.9 Å². The van der Waals surface area contributed by atoms with Crippen LogP contribution in [-0.4, -0.2) is 242 Å². The topological polar surface area (TPSA) is 217 Å². The molecule has 8 aliphatic rings. The van der Waals surface area contributed by atoms with Crippen LogP contribution in [0.5, 0.6) is 0 Å². The van der Waals surface area contributed by atoms with Crippen molar-refractivity contribution >= 4 is 12.2 Å². The Hall–Kier alpha value is -5.48. The Bertz CT molecular complexity index is 2730. The number of nitrogens with zero attached hydrogens (tertiary/aromatic N) is 4. The van der Waals surface area contributed by atoms with Crippen molar-refractivity contribution in [2.45, 2.75) is 117 Å². The van der Waals surface area contributed by atoms with Gasteiger partial charge in [0, 0.05) is 55.7 Å². The first kappa shape index (κ1) is 64.0. The molecule has 4 aromatic carbocycles. The summed E-state index contributed by atoms with van der Waals surface area (Å²) in [7, 11) is 13.6. The minimum absolute atomic E-state index is 0.0208. The molecule has 464 valence electrons. The average Bonchev–Trinajstić information content (AvgIpc) is 3.77. The van der Waals surface area contributed by atoms with E-state index in [0.29, 0.717) is 46.1 Å². The van der Waals surface area contributed by atoms with Gasteiger partial charge >= 0.3 is 12.2 Å². The van der Waals surface area contributed by atoms with Gasteiger partial charge in [0.15, 0.2) is 0 Å². The van der Waals surface area contributed by atoms with Gasteiger partial charge in [-0.25, -0.2) is 9.59 Å². The second kappa shape index (κ2) is 29.0. The first-order chi connectivity index (χ1) is 41.2. The molecule has 0 spiro atoms. The molecule has 22 heteroatoms. The highest BCUT2D eigenvalue weighted by molar-refractivity contribution is 5.70. The van der Waals surface area contributed by atoms with E-state index >= 15 is 0 Å². The lowest BCUT2D eigenvalue weighted by molar-refractivity contribution is -0.225. The van der Waals surface area contributed by atoms with Crippen molar-refractivity contribution in [2.24, 2.45) is 0 Å². The number of likely N-dealkylation sites (tertiary alicyclic amines) is 4. The van der Waals surface area contributed by atoms with E-state index in [-0.39, 0.29) is 75.1 Å². The molecule has 0 saturated carbocycles. The molecule has 0 bridgehead atoms. The molecular formula is C63H84N4O18. The molecule has 8 saturated heterocycles. The molecule has 0 aliphatic carbocycles. The maximum absolute atomic E-state index is 13.0. The number of aliphatic hydroxyl groups excluding tert-OH is 2. The van der Waals surface area contributed by atoms with Crippen molar-refractivity contribution in [2.75, 3.05) is 109 Å². The maximum Gasteiger partial charge on any atom is 0.410 e. The molecule has 12 atom stereocenters. The van der Waals surface area contributed by atoms with Crippen LogP contribution in [-0.2, 0) is 92.7 Å². The molecule has 4 aromatic rings. The summed E-state index contributed by atoms with van der Waals surface area (Å²) in [5.74, 6) is -2.41. The van der Waals surface area contributed by atoms with E-state index in [4.69, 9.17) is 66.3 Å². The standard InChI is InChI=1S/C23H27NO6.C21H23NO5.C10H17NO3.C9H17NO4/c1-26-23(27-2)16-30-20-19(28-14-17-9-5-3-6-10-17)13-24(21(20)23)22(25)29-15-18-11-7-4-8-12-18;23-17-14-26-20-18(25-12-15-7-3-1-4-8-15)11-22(19(17)20)21(24)27-13-16-9-5-2-6-10-16;1-7-5-11(2)9-8(7)14-6-10(9,12-3)13-4;1-10-4-6(11)7-8(10)9(12-2,13-3)5-14-7/h3-12,19-21H,13-16H2,1-2H3;1-10,17-20,23H,11-14H2;8-9H,1,5-6H2,2-4H3;6-8,11H,4-5H2,1-3H3/t19-,20-,21+;17-,18+,19+,20+;8-,9+;6-,7-,8+/m1011/s1. The Morgan fingerprint density at radius 3 is 1.40 bits per heavy atom. The lowest BCUT2D eigenvalue weighted by Crippen LogP contribution is -2.55. The lowest BCUT2D eigenvalue weighted by Gasteiger charge is -2.35. The highest BCUT2D eigenvalue weighted by atomic mass is 16.7. The van der Waals surface area contributed by atoms with Crippen molar-refractivity contribution in [1.82, 2.24) is 19.6 Å². The van der Waals surface area contributed by atoms with E-state index in [9.17, 15) is 19.8 Å². The predicted molar refractivity (Wildman–Crippen MR) is 307 cm³/mol. The first-order valence-corrected chi connectivity index (χ1v) is 28.6. The van der Waals surface area contributed by atoms with Gasteiger partial charge in [0.25, 0.3) is 0 Å². The number of carbonyl (C=O) groups is 2. The smallest absolute Gasteiger partial charge is 0.410 e. The van der Waals surface area contributed by atoms with Crippen molar-refractivity contribution in [3.05, 3.63) is 156 Å². The van der Waals surface area contributed by atoms with Crippen molar-refractivity contribution in [3.8, 4) is 0 Å². The van der Waals surface area contributed by atoms with Gasteiger partial charge in [0.05, 0.1) is 57.1 Å². The van der Waals surface area contributed by atoms with Crippen LogP contribution >= 0.6 is 0 Å². The molecule has 0 aromatic heterocycles. The second-order valence-corrected chi connectivity index (χ2v) is 22.3. The fourth-order valence-electron chi connectivity index (χ4n) is 12.8. The molecule has 22 nitrogen and oxygen atoms in total. The molecule has 8 heterocycles. The first-order valence-electron chi connectivity index (χ1n) is 28.6. The third-order valence-corrected chi connectivity index (χ3v) is 17.3. The molecule has 8 fully saturated rings. The van der Waals surface area contributed by atoms with E-state index in [0.717, 1.165) is 34.4 Å². The normalized spacial score (nSPS) is 30.0. The van der Waals surface area contributed by atoms with Crippen molar-refractivity contribution in [3.63, 3.8) is 0 Å². The molecule has 12 rings (SSSR count). The Labute approximate surface area is 498 Å². The van der Waals surface area contributed by atoms with Gasteiger partial charge in [-0.1, -0.05) is 128 Å². The summed E-state index contributed by atoms with van der Waals surface area (Å²) in [5, 5.41) is 20.0. The van der Waals surface area contributed by atoms with Crippen LogP contribution in [0.3, 0.4) is 0 Å². The second-order valence-electron chi connectivity index (χ2n) is 22.3. The van der Waals surface area contributed by atoms with Gasteiger partial charge in [0.2, 0.25) is 17.4 Å². The Kier molecular flexibility index (Phi) is 21.9. The van der Waals surface area contributed by atoms with E-state index < -0.39 is 53.8 Å². The SMILES string of the molecule is C=C1CN(C)[C@H]2[C@@H]1OCC2(OC)OC.COC1(OC)CO[C@@H]2[C@H](O)CN(C)[C@@H]21.COC1(OC)CO[C@H]2[C@@H]1N(C(=O)OCc1ccccc1)C[C@H]2OCc1ccccc1.O=C(OCc1ccccc1)N1C[C@@H](OCc2ccccc2)[C@H]2OC[C@H](O)[C@H]21. The number of benzene rings is 4. The molecule has 85 heavy (non-hydrogen) atoms. The summed E-state index contributed by atoms with van der Waals surface area (Å²) in [6.45, 7) is 8.63. The summed E-state index contributed by atoms with van der Waals surface area (Å²) in [5.41, 5.74) is 5.06. The Balaban J connectivity index is 0.000000143. The molecule has 0 radical (unpaired) electrons. The molecule has 0 unspecified atom stereocenters. The van der Waals surface area contributed by atoms with Crippen LogP contribution in [0.2, 0.25) is 0 Å². The summed E-state index contributed by atoms with van der Waals surface area (Å²) in [6.07, 6.45) is -3.52. The number of aliphatic hydroxyl groups is 2. The number of carbonyl (C=O) groups excluding carboxylic acids is 2. The lowest BCUT2D eigenvalue weighted by atomic mass is 10.0. The Morgan fingerprint density at radius 1 is 0.494 bits per heavy atom. The summed E-state index contributed by atoms with van der Waals surface area (Å²) < 4.78 is 79.1.